The van der Waals surface area contributed by atoms with Crippen LogP contribution in [-0.4, -0.2) is 25.6 Å². The molecule has 3 aromatic rings. The minimum absolute atomic E-state index is 0.559. The summed E-state index contributed by atoms with van der Waals surface area (Å²) >= 11 is 1.63. The molecule has 0 saturated heterocycles. The number of nitrogens with zero attached hydrogens (tertiary/aromatic N) is 4. The van der Waals surface area contributed by atoms with E-state index in [9.17, 15) is 0 Å². The van der Waals surface area contributed by atoms with E-state index < -0.39 is 0 Å². The van der Waals surface area contributed by atoms with Crippen LogP contribution in [0.15, 0.2) is 30.7 Å². The van der Waals surface area contributed by atoms with Gasteiger partial charge in [0.1, 0.15) is 0 Å². The van der Waals surface area contributed by atoms with Crippen molar-refractivity contribution in [3.8, 4) is 11.3 Å². The van der Waals surface area contributed by atoms with E-state index >= 15 is 0 Å². The number of nitrogens with one attached hydrogen (secondary N) is 1. The molecule has 0 spiro atoms. The highest BCUT2D eigenvalue weighted by Gasteiger charge is 2.15. The highest BCUT2D eigenvalue weighted by Crippen LogP contribution is 2.26. The lowest BCUT2D eigenvalue weighted by atomic mass is 9.97. The lowest BCUT2D eigenvalue weighted by molar-refractivity contribution is 0.471. The van der Waals surface area contributed by atoms with Gasteiger partial charge in [0.15, 0.2) is 0 Å². The summed E-state index contributed by atoms with van der Waals surface area (Å²) in [6, 6.07) is 4.51. The van der Waals surface area contributed by atoms with Crippen molar-refractivity contribution in [1.29, 1.82) is 0 Å². The van der Waals surface area contributed by atoms with Crippen LogP contribution in [0, 0.1) is 0 Å². The average molecular weight is 327 g/mol. The summed E-state index contributed by atoms with van der Waals surface area (Å²) in [5.74, 6) is 0. The van der Waals surface area contributed by atoms with Crippen LogP contribution in [0.1, 0.15) is 44.9 Å². The molecule has 1 saturated carbocycles. The molecule has 3 aromatic heterocycles. The minimum atomic E-state index is 0.559. The fraction of sp³-hybridized carbons (Fsp3) is 0.471. The van der Waals surface area contributed by atoms with Gasteiger partial charge < -0.3 is 5.32 Å². The van der Waals surface area contributed by atoms with Gasteiger partial charge in [-0.2, -0.15) is 0 Å². The van der Waals surface area contributed by atoms with E-state index in [1.807, 2.05) is 29.0 Å². The van der Waals surface area contributed by atoms with Gasteiger partial charge in [-0.05, 0) is 25.0 Å². The van der Waals surface area contributed by atoms with Crippen LogP contribution in [0.2, 0.25) is 0 Å². The van der Waals surface area contributed by atoms with Crippen molar-refractivity contribution < 1.29 is 0 Å². The van der Waals surface area contributed by atoms with Crippen molar-refractivity contribution >= 4 is 21.4 Å². The van der Waals surface area contributed by atoms with Crippen LogP contribution in [-0.2, 0) is 0 Å². The molecular formula is C17H21N5S. The molecule has 1 aliphatic rings. The summed E-state index contributed by atoms with van der Waals surface area (Å²) in [5, 5.41) is 9.25. The molecular weight excluding hydrogens is 306 g/mol. The fourth-order valence-electron chi connectivity index (χ4n) is 3.19. The maximum atomic E-state index is 4.67. The van der Waals surface area contributed by atoms with Crippen molar-refractivity contribution in [1.82, 2.24) is 19.6 Å². The van der Waals surface area contributed by atoms with Gasteiger partial charge in [0, 0.05) is 24.0 Å². The fourth-order valence-corrected chi connectivity index (χ4v) is 4.05. The molecule has 0 radical (unpaired) electrons. The number of imidazole rings is 1. The Bertz CT molecular complexity index is 724. The Balaban J connectivity index is 1.50. The van der Waals surface area contributed by atoms with Crippen LogP contribution in [0.5, 0.6) is 0 Å². The summed E-state index contributed by atoms with van der Waals surface area (Å²) < 4.78 is 1.87. The molecule has 0 aromatic carbocycles. The molecule has 0 unspecified atom stereocenters. The maximum Gasteiger partial charge on any atom is 0.214 e. The maximum absolute atomic E-state index is 4.67. The van der Waals surface area contributed by atoms with Crippen molar-refractivity contribution in [2.75, 3.05) is 5.32 Å². The standard InChI is InChI=1S/C17H21N5S/c1-2-4-8-14(9-5-3-1)19-16-21-22-12-15(20-17(22)23-16)13-7-6-10-18-11-13/h6-7,10-12,14H,1-5,8-9H2,(H,19,21). The van der Waals surface area contributed by atoms with Gasteiger partial charge in [0.2, 0.25) is 10.1 Å². The first kappa shape index (κ1) is 14.6. The van der Waals surface area contributed by atoms with E-state index in [0.717, 1.165) is 21.3 Å². The predicted molar refractivity (Wildman–Crippen MR) is 93.8 cm³/mol. The van der Waals surface area contributed by atoms with Crippen molar-refractivity contribution in [2.24, 2.45) is 0 Å². The topological polar surface area (TPSA) is 55.1 Å². The van der Waals surface area contributed by atoms with Crippen molar-refractivity contribution in [3.63, 3.8) is 0 Å². The van der Waals surface area contributed by atoms with Crippen LogP contribution in [0.25, 0.3) is 16.2 Å². The Morgan fingerprint density at radius 1 is 1.13 bits per heavy atom. The second-order valence-corrected chi connectivity index (χ2v) is 7.14. The predicted octanol–water partition coefficient (Wildman–Crippen LogP) is 4.38. The zero-order chi connectivity index (χ0) is 15.5. The largest absolute Gasteiger partial charge is 0.357 e. The first-order valence-electron chi connectivity index (χ1n) is 8.42. The van der Waals surface area contributed by atoms with E-state index in [2.05, 4.69) is 20.4 Å². The SMILES string of the molecule is c1cncc(-c2cn3nc(NC4CCCCCCC4)sc3n2)c1. The van der Waals surface area contributed by atoms with Gasteiger partial charge in [0.05, 0.1) is 11.9 Å². The third-order valence-corrected chi connectivity index (χ3v) is 5.29. The Morgan fingerprint density at radius 2 is 1.96 bits per heavy atom. The second-order valence-electron chi connectivity index (χ2n) is 6.19. The lowest BCUT2D eigenvalue weighted by Gasteiger charge is -2.20. The van der Waals surface area contributed by atoms with E-state index in [4.69, 9.17) is 0 Å². The van der Waals surface area contributed by atoms with Crippen LogP contribution in [0.4, 0.5) is 5.13 Å². The molecule has 5 nitrogen and oxygen atoms in total. The Labute approximate surface area is 139 Å². The zero-order valence-corrected chi connectivity index (χ0v) is 13.9. The number of hydrogen-bond donors (Lipinski definition) is 1. The number of anilines is 1. The van der Waals surface area contributed by atoms with Crippen molar-refractivity contribution in [2.45, 2.75) is 51.0 Å². The molecule has 1 N–H and O–H groups in total. The molecule has 4 rings (SSSR count). The van der Waals surface area contributed by atoms with Crippen LogP contribution in [0.3, 0.4) is 0 Å². The summed E-state index contributed by atoms with van der Waals surface area (Å²) in [6.07, 6.45) is 14.9. The van der Waals surface area contributed by atoms with Gasteiger partial charge >= 0.3 is 0 Å². The Kier molecular flexibility index (Phi) is 4.24. The normalized spacial score (nSPS) is 17.0. The number of pyridine rings is 1. The van der Waals surface area contributed by atoms with Crippen molar-refractivity contribution in [3.05, 3.63) is 30.7 Å². The summed E-state index contributed by atoms with van der Waals surface area (Å²) in [6.45, 7) is 0. The average Bonchev–Trinajstić information content (AvgIpc) is 3.09. The highest BCUT2D eigenvalue weighted by atomic mass is 32.1. The molecule has 3 heterocycles. The minimum Gasteiger partial charge on any atom is -0.357 e. The number of fused-ring (bicyclic) bond motifs is 1. The van der Waals surface area contributed by atoms with E-state index in [1.54, 1.807) is 17.5 Å². The molecule has 0 atom stereocenters. The molecule has 23 heavy (non-hydrogen) atoms. The Hall–Kier alpha value is -1.95. The van der Waals surface area contributed by atoms with Gasteiger partial charge in [-0.15, -0.1) is 5.10 Å². The van der Waals surface area contributed by atoms with E-state index in [0.29, 0.717) is 6.04 Å². The quantitative estimate of drug-likeness (QED) is 0.776. The monoisotopic (exact) mass is 327 g/mol. The third-order valence-electron chi connectivity index (χ3n) is 4.43. The number of hydrogen-bond acceptors (Lipinski definition) is 5. The Morgan fingerprint density at radius 3 is 2.70 bits per heavy atom. The third kappa shape index (κ3) is 3.37. The van der Waals surface area contributed by atoms with Gasteiger partial charge in [-0.1, -0.05) is 43.4 Å². The molecule has 0 bridgehead atoms. The summed E-state index contributed by atoms with van der Waals surface area (Å²) in [4.78, 5) is 9.75. The van der Waals surface area contributed by atoms with E-state index in [-0.39, 0.29) is 0 Å². The molecule has 1 aliphatic carbocycles. The number of aromatic nitrogens is 4. The lowest BCUT2D eigenvalue weighted by Crippen LogP contribution is -2.20. The summed E-state index contributed by atoms with van der Waals surface area (Å²) in [5.41, 5.74) is 1.95. The van der Waals surface area contributed by atoms with Gasteiger partial charge in [0.25, 0.3) is 0 Å². The first-order chi connectivity index (χ1) is 11.4. The molecule has 0 amide bonds. The molecule has 6 heteroatoms. The second kappa shape index (κ2) is 6.66. The van der Waals surface area contributed by atoms with Gasteiger partial charge in [-0.25, -0.2) is 9.50 Å². The molecule has 1 fully saturated rings. The van der Waals surface area contributed by atoms with E-state index in [1.165, 1.54) is 44.9 Å². The van der Waals surface area contributed by atoms with Crippen LogP contribution >= 0.6 is 11.3 Å². The number of rotatable bonds is 3. The van der Waals surface area contributed by atoms with Gasteiger partial charge in [-0.3, -0.25) is 4.98 Å². The highest BCUT2D eigenvalue weighted by molar-refractivity contribution is 7.20. The molecule has 0 aliphatic heterocycles. The smallest absolute Gasteiger partial charge is 0.214 e. The first-order valence-corrected chi connectivity index (χ1v) is 9.23. The zero-order valence-electron chi connectivity index (χ0n) is 13.1. The van der Waals surface area contributed by atoms with Crippen LogP contribution < -0.4 is 5.32 Å². The molecule has 120 valence electrons. The summed E-state index contributed by atoms with van der Waals surface area (Å²) in [7, 11) is 0.